The zero-order chi connectivity index (χ0) is 13.2. The summed E-state index contributed by atoms with van der Waals surface area (Å²) in [6.07, 6.45) is 6.20. The van der Waals surface area contributed by atoms with Crippen molar-refractivity contribution >= 4 is 0 Å². The van der Waals surface area contributed by atoms with Crippen molar-refractivity contribution in [3.8, 4) is 11.5 Å². The van der Waals surface area contributed by atoms with Gasteiger partial charge in [0, 0.05) is 11.0 Å². The first-order valence-corrected chi connectivity index (χ1v) is 7.07. The van der Waals surface area contributed by atoms with E-state index in [4.69, 9.17) is 4.74 Å². The quantitative estimate of drug-likeness (QED) is 0.760. The van der Waals surface area contributed by atoms with Gasteiger partial charge in [-0.25, -0.2) is 0 Å². The average Bonchev–Trinajstić information content (AvgIpc) is 2.80. The summed E-state index contributed by atoms with van der Waals surface area (Å²) in [4.78, 5) is 0. The molecule has 1 aliphatic heterocycles. The fourth-order valence-corrected chi connectivity index (χ4v) is 4.42. The Morgan fingerprint density at radius 1 is 1.37 bits per heavy atom. The van der Waals surface area contributed by atoms with Crippen LogP contribution in [0.3, 0.4) is 0 Å². The van der Waals surface area contributed by atoms with E-state index in [0.29, 0.717) is 11.7 Å². The Balaban J connectivity index is 2.04. The predicted molar refractivity (Wildman–Crippen MR) is 71.4 cm³/mol. The van der Waals surface area contributed by atoms with Gasteiger partial charge in [0.05, 0.1) is 0 Å². The molecule has 0 spiro atoms. The molecule has 0 bridgehead atoms. The third-order valence-electron chi connectivity index (χ3n) is 5.26. The Bertz CT molecular complexity index is 578. The lowest BCUT2D eigenvalue weighted by molar-refractivity contribution is 0.00109. The van der Waals surface area contributed by atoms with Crippen LogP contribution in [0.15, 0.2) is 24.3 Å². The Kier molecular flexibility index (Phi) is 2.12. The van der Waals surface area contributed by atoms with Crippen molar-refractivity contribution in [2.24, 2.45) is 5.92 Å². The molecule has 3 heteroatoms. The molecule has 0 aromatic heterocycles. The van der Waals surface area contributed by atoms with Crippen molar-refractivity contribution in [3.05, 3.63) is 35.4 Å². The number of aryl methyl sites for hydroxylation is 1. The van der Waals surface area contributed by atoms with Crippen LogP contribution in [0.5, 0.6) is 11.5 Å². The van der Waals surface area contributed by atoms with Crippen molar-refractivity contribution in [1.82, 2.24) is 0 Å². The van der Waals surface area contributed by atoms with Crippen molar-refractivity contribution in [2.75, 3.05) is 0 Å². The van der Waals surface area contributed by atoms with Crippen LogP contribution in [-0.4, -0.2) is 22.4 Å². The number of aliphatic hydroxyl groups excluding tert-OH is 1. The Morgan fingerprint density at radius 3 is 3.00 bits per heavy atom. The predicted octanol–water partition coefficient (Wildman–Crippen LogP) is 2.29. The van der Waals surface area contributed by atoms with Gasteiger partial charge in [-0.1, -0.05) is 25.1 Å². The summed E-state index contributed by atoms with van der Waals surface area (Å²) >= 11 is 0. The van der Waals surface area contributed by atoms with E-state index in [2.05, 4.69) is 13.0 Å². The third kappa shape index (κ3) is 1.17. The first-order chi connectivity index (χ1) is 9.18. The van der Waals surface area contributed by atoms with Gasteiger partial charge in [-0.15, -0.1) is 0 Å². The summed E-state index contributed by atoms with van der Waals surface area (Å²) in [6, 6.07) is 3.73. The Hall–Kier alpha value is -1.48. The molecule has 4 atom stereocenters. The smallest absolute Gasteiger partial charge is 0.165 e. The molecule has 1 aromatic rings. The van der Waals surface area contributed by atoms with E-state index in [1.807, 2.05) is 12.1 Å². The molecule has 4 rings (SSSR count). The third-order valence-corrected chi connectivity index (χ3v) is 5.26. The first-order valence-electron chi connectivity index (χ1n) is 7.07. The summed E-state index contributed by atoms with van der Waals surface area (Å²) < 4.78 is 5.99. The van der Waals surface area contributed by atoms with E-state index >= 15 is 0 Å². The number of hydrogen-bond acceptors (Lipinski definition) is 3. The molecule has 0 fully saturated rings. The van der Waals surface area contributed by atoms with Gasteiger partial charge in [0.15, 0.2) is 11.5 Å². The van der Waals surface area contributed by atoms with Crippen LogP contribution in [0.1, 0.15) is 30.9 Å². The normalized spacial score (nSPS) is 37.9. The maximum Gasteiger partial charge on any atom is 0.165 e. The van der Waals surface area contributed by atoms with Gasteiger partial charge in [-0.2, -0.15) is 0 Å². The number of phenols is 1. The number of ether oxygens (including phenoxy) is 1. The second-order valence-electron chi connectivity index (χ2n) is 5.90. The highest BCUT2D eigenvalue weighted by atomic mass is 16.5. The second kappa shape index (κ2) is 3.54. The molecule has 2 aliphatic carbocycles. The van der Waals surface area contributed by atoms with E-state index in [0.717, 1.165) is 24.8 Å². The largest absolute Gasteiger partial charge is 0.504 e. The zero-order valence-corrected chi connectivity index (χ0v) is 11.0. The summed E-state index contributed by atoms with van der Waals surface area (Å²) in [5, 5.41) is 20.4. The molecule has 0 amide bonds. The summed E-state index contributed by atoms with van der Waals surface area (Å²) in [7, 11) is 0. The van der Waals surface area contributed by atoms with Gasteiger partial charge in [-0.3, -0.25) is 0 Å². The average molecular weight is 258 g/mol. The highest BCUT2D eigenvalue weighted by molar-refractivity contribution is 5.60. The van der Waals surface area contributed by atoms with Crippen molar-refractivity contribution < 1.29 is 14.9 Å². The van der Waals surface area contributed by atoms with Crippen molar-refractivity contribution in [2.45, 2.75) is 43.8 Å². The minimum Gasteiger partial charge on any atom is -0.504 e. The molecule has 0 saturated heterocycles. The summed E-state index contributed by atoms with van der Waals surface area (Å²) in [5.41, 5.74) is 2.27. The monoisotopic (exact) mass is 258 g/mol. The Morgan fingerprint density at radius 2 is 2.21 bits per heavy atom. The highest BCUT2D eigenvalue weighted by Crippen LogP contribution is 2.60. The van der Waals surface area contributed by atoms with Gasteiger partial charge in [-0.05, 0) is 36.8 Å². The van der Waals surface area contributed by atoms with E-state index in [-0.39, 0.29) is 17.3 Å². The first kappa shape index (κ1) is 11.4. The molecule has 0 saturated carbocycles. The number of rotatable bonds is 1. The molecule has 1 aromatic carbocycles. The van der Waals surface area contributed by atoms with Crippen LogP contribution in [0.25, 0.3) is 0 Å². The van der Waals surface area contributed by atoms with E-state index in [1.54, 1.807) is 6.07 Å². The minimum absolute atomic E-state index is 0.157. The van der Waals surface area contributed by atoms with Crippen molar-refractivity contribution in [3.63, 3.8) is 0 Å². The molecule has 1 heterocycles. The second-order valence-corrected chi connectivity index (χ2v) is 5.90. The lowest BCUT2D eigenvalue weighted by atomic mass is 9.57. The minimum atomic E-state index is -0.589. The summed E-state index contributed by atoms with van der Waals surface area (Å²) in [5.74, 6) is 1.21. The zero-order valence-electron chi connectivity index (χ0n) is 11.0. The Labute approximate surface area is 112 Å². The molecule has 100 valence electrons. The van der Waals surface area contributed by atoms with Crippen LogP contribution < -0.4 is 4.74 Å². The van der Waals surface area contributed by atoms with Gasteiger partial charge in [0.2, 0.25) is 0 Å². The lowest BCUT2D eigenvalue weighted by Crippen LogP contribution is -2.53. The van der Waals surface area contributed by atoms with Gasteiger partial charge < -0.3 is 14.9 Å². The van der Waals surface area contributed by atoms with Crippen LogP contribution in [0.2, 0.25) is 0 Å². The molecular formula is C16H18O3. The maximum absolute atomic E-state index is 10.3. The fraction of sp³-hybridized carbons (Fsp3) is 0.500. The SMILES string of the molecule is CC[C@]12c3c4ccc(O)c3O[C@H]1[C@@H](O)C=C[C@H]2CC4. The van der Waals surface area contributed by atoms with E-state index < -0.39 is 6.10 Å². The molecule has 3 nitrogen and oxygen atoms in total. The van der Waals surface area contributed by atoms with Gasteiger partial charge in [0.25, 0.3) is 0 Å². The number of allylic oxidation sites excluding steroid dienone is 1. The van der Waals surface area contributed by atoms with Crippen LogP contribution >= 0.6 is 0 Å². The lowest BCUT2D eigenvalue weighted by Gasteiger charge is -2.46. The van der Waals surface area contributed by atoms with Gasteiger partial charge >= 0.3 is 0 Å². The van der Waals surface area contributed by atoms with E-state index in [1.165, 1.54) is 5.56 Å². The summed E-state index contributed by atoms with van der Waals surface area (Å²) in [6.45, 7) is 2.16. The molecule has 3 aliphatic rings. The number of aromatic hydroxyl groups is 1. The molecule has 19 heavy (non-hydrogen) atoms. The van der Waals surface area contributed by atoms with E-state index in [9.17, 15) is 10.2 Å². The number of aliphatic hydroxyl groups is 1. The van der Waals surface area contributed by atoms with Crippen molar-refractivity contribution in [1.29, 1.82) is 0 Å². The molecule has 2 N–H and O–H groups in total. The molecular weight excluding hydrogens is 240 g/mol. The topological polar surface area (TPSA) is 49.7 Å². The number of hydrogen-bond donors (Lipinski definition) is 2. The molecule has 0 unspecified atom stereocenters. The van der Waals surface area contributed by atoms with Crippen LogP contribution in [0.4, 0.5) is 0 Å². The van der Waals surface area contributed by atoms with Crippen LogP contribution in [-0.2, 0) is 11.8 Å². The fourth-order valence-electron chi connectivity index (χ4n) is 4.42. The number of benzene rings is 1. The molecule has 0 radical (unpaired) electrons. The number of phenolic OH excluding ortho intramolecular Hbond substituents is 1. The standard InChI is InChI=1S/C16H18O3/c1-2-16-10-5-3-9-4-7-11(17)14(13(9)16)19-15(16)12(18)8-6-10/h4,6-8,10,12,15,17-18H,2-3,5H2,1H3/t10-,12+,15+,16+/m1/s1. The maximum atomic E-state index is 10.3. The highest BCUT2D eigenvalue weighted by Gasteiger charge is 2.58. The van der Waals surface area contributed by atoms with Crippen LogP contribution in [0, 0.1) is 5.92 Å². The van der Waals surface area contributed by atoms with Gasteiger partial charge in [0.1, 0.15) is 12.2 Å².